The summed E-state index contributed by atoms with van der Waals surface area (Å²) in [4.78, 5) is 5.09. The quantitative estimate of drug-likeness (QED) is 0.760. The fraction of sp³-hybridized carbons (Fsp3) is 1.00. The van der Waals surface area contributed by atoms with Gasteiger partial charge in [-0.15, -0.1) is 0 Å². The Morgan fingerprint density at radius 2 is 1.53 bits per heavy atom. The molecule has 0 aromatic carbocycles. The van der Waals surface area contributed by atoms with Gasteiger partial charge in [-0.25, -0.2) is 0 Å². The lowest BCUT2D eigenvalue weighted by atomic mass is 10.0. The van der Waals surface area contributed by atoms with Gasteiger partial charge in [0.2, 0.25) is 0 Å². The molecule has 0 aromatic heterocycles. The van der Waals surface area contributed by atoms with Crippen molar-refractivity contribution in [1.82, 2.24) is 15.1 Å². The van der Waals surface area contributed by atoms with E-state index in [0.29, 0.717) is 6.04 Å². The molecule has 3 nitrogen and oxygen atoms in total. The number of nitrogens with one attached hydrogen (secondary N) is 1. The molecule has 17 heavy (non-hydrogen) atoms. The Hall–Kier alpha value is -0.120. The van der Waals surface area contributed by atoms with Crippen LogP contribution in [0.2, 0.25) is 0 Å². The monoisotopic (exact) mass is 241 g/mol. The second-order valence-corrected chi connectivity index (χ2v) is 6.20. The van der Waals surface area contributed by atoms with E-state index in [9.17, 15) is 0 Å². The molecule has 0 aromatic rings. The predicted molar refractivity (Wildman–Crippen MR) is 75.4 cm³/mol. The second kappa shape index (κ2) is 7.34. The van der Waals surface area contributed by atoms with Gasteiger partial charge in [-0.1, -0.05) is 27.7 Å². The summed E-state index contributed by atoms with van der Waals surface area (Å²) in [5.74, 6) is 1.48. The van der Waals surface area contributed by atoms with Gasteiger partial charge >= 0.3 is 0 Å². The molecule has 3 heteroatoms. The zero-order valence-corrected chi connectivity index (χ0v) is 12.4. The van der Waals surface area contributed by atoms with Gasteiger partial charge in [-0.3, -0.25) is 4.90 Å². The number of hydrogen-bond acceptors (Lipinski definition) is 3. The first kappa shape index (κ1) is 14.9. The van der Waals surface area contributed by atoms with E-state index in [1.165, 1.54) is 26.2 Å². The van der Waals surface area contributed by atoms with Gasteiger partial charge in [-0.05, 0) is 25.4 Å². The average molecular weight is 241 g/mol. The highest BCUT2D eigenvalue weighted by atomic mass is 15.3. The van der Waals surface area contributed by atoms with Crippen molar-refractivity contribution in [2.45, 2.75) is 33.7 Å². The van der Waals surface area contributed by atoms with Crippen LogP contribution in [0.5, 0.6) is 0 Å². The van der Waals surface area contributed by atoms with Crippen LogP contribution in [-0.2, 0) is 0 Å². The number of hydrogen-bond donors (Lipinski definition) is 1. The van der Waals surface area contributed by atoms with E-state index in [4.69, 9.17) is 0 Å². The maximum absolute atomic E-state index is 3.62. The molecule has 0 spiro atoms. The van der Waals surface area contributed by atoms with Crippen molar-refractivity contribution in [2.75, 3.05) is 46.3 Å². The SMILES string of the molecule is CC(C)CNCC(C(C)C)N1CCN(C)CC1. The molecule has 1 unspecified atom stereocenters. The van der Waals surface area contributed by atoms with Crippen LogP contribution in [0, 0.1) is 11.8 Å². The first-order valence-corrected chi connectivity index (χ1v) is 7.14. The van der Waals surface area contributed by atoms with Gasteiger partial charge < -0.3 is 10.2 Å². The first-order chi connectivity index (χ1) is 8.00. The number of rotatable bonds is 6. The van der Waals surface area contributed by atoms with Gasteiger partial charge in [-0.2, -0.15) is 0 Å². The molecule has 1 saturated heterocycles. The Bertz CT molecular complexity index is 196. The van der Waals surface area contributed by atoms with Crippen molar-refractivity contribution >= 4 is 0 Å². The van der Waals surface area contributed by atoms with Crippen molar-refractivity contribution in [2.24, 2.45) is 11.8 Å². The second-order valence-electron chi connectivity index (χ2n) is 6.20. The molecular weight excluding hydrogens is 210 g/mol. The molecule has 1 rings (SSSR count). The summed E-state index contributed by atoms with van der Waals surface area (Å²) < 4.78 is 0. The fourth-order valence-electron chi connectivity index (χ4n) is 2.46. The van der Waals surface area contributed by atoms with Crippen molar-refractivity contribution in [1.29, 1.82) is 0 Å². The van der Waals surface area contributed by atoms with Crippen molar-refractivity contribution in [3.8, 4) is 0 Å². The molecule has 1 aliphatic heterocycles. The molecule has 1 N–H and O–H groups in total. The lowest BCUT2D eigenvalue weighted by Crippen LogP contribution is -2.53. The maximum Gasteiger partial charge on any atom is 0.0244 e. The first-order valence-electron chi connectivity index (χ1n) is 7.14. The molecule has 1 aliphatic rings. The van der Waals surface area contributed by atoms with E-state index in [-0.39, 0.29) is 0 Å². The number of nitrogens with zero attached hydrogens (tertiary/aromatic N) is 2. The summed E-state index contributed by atoms with van der Waals surface area (Å²) in [5, 5.41) is 3.62. The highest BCUT2D eigenvalue weighted by Gasteiger charge is 2.24. The zero-order chi connectivity index (χ0) is 12.8. The van der Waals surface area contributed by atoms with Gasteiger partial charge in [0, 0.05) is 38.8 Å². The summed E-state index contributed by atoms with van der Waals surface area (Å²) in [6.45, 7) is 16.4. The molecule has 0 bridgehead atoms. The Kier molecular flexibility index (Phi) is 6.45. The van der Waals surface area contributed by atoms with Crippen LogP contribution in [0.1, 0.15) is 27.7 Å². The molecule has 1 atom stereocenters. The Morgan fingerprint density at radius 1 is 0.941 bits per heavy atom. The average Bonchev–Trinajstić information content (AvgIpc) is 2.25. The van der Waals surface area contributed by atoms with Gasteiger partial charge in [0.1, 0.15) is 0 Å². The molecule has 1 fully saturated rings. The highest BCUT2D eigenvalue weighted by Crippen LogP contribution is 2.12. The van der Waals surface area contributed by atoms with Crippen LogP contribution < -0.4 is 5.32 Å². The Morgan fingerprint density at radius 3 is 2.00 bits per heavy atom. The maximum atomic E-state index is 3.62. The normalized spacial score (nSPS) is 21.4. The minimum Gasteiger partial charge on any atom is -0.315 e. The molecule has 0 aliphatic carbocycles. The van der Waals surface area contributed by atoms with Gasteiger partial charge in [0.05, 0.1) is 0 Å². The molecule has 0 saturated carbocycles. The lowest BCUT2D eigenvalue weighted by Gasteiger charge is -2.40. The van der Waals surface area contributed by atoms with E-state index in [1.807, 2.05) is 0 Å². The van der Waals surface area contributed by atoms with Crippen LogP contribution in [0.4, 0.5) is 0 Å². The summed E-state index contributed by atoms with van der Waals surface area (Å²) in [5.41, 5.74) is 0. The standard InChI is InChI=1S/C14H31N3/c1-12(2)10-15-11-14(13(3)4)17-8-6-16(5)7-9-17/h12-15H,6-11H2,1-5H3. The molecule has 1 heterocycles. The fourth-order valence-corrected chi connectivity index (χ4v) is 2.46. The minimum atomic E-state index is 0.697. The topological polar surface area (TPSA) is 18.5 Å². The van der Waals surface area contributed by atoms with E-state index < -0.39 is 0 Å². The highest BCUT2D eigenvalue weighted by molar-refractivity contribution is 4.81. The van der Waals surface area contributed by atoms with E-state index >= 15 is 0 Å². The summed E-state index contributed by atoms with van der Waals surface area (Å²) in [6.07, 6.45) is 0. The molecule has 102 valence electrons. The van der Waals surface area contributed by atoms with Crippen LogP contribution >= 0.6 is 0 Å². The summed E-state index contributed by atoms with van der Waals surface area (Å²) in [7, 11) is 2.22. The third-order valence-corrected chi connectivity index (χ3v) is 3.68. The lowest BCUT2D eigenvalue weighted by molar-refractivity contribution is 0.0873. The molecule has 0 radical (unpaired) electrons. The third-order valence-electron chi connectivity index (χ3n) is 3.68. The molecule has 0 amide bonds. The van der Waals surface area contributed by atoms with Crippen LogP contribution in [0.3, 0.4) is 0 Å². The Balaban J connectivity index is 2.37. The van der Waals surface area contributed by atoms with Crippen molar-refractivity contribution in [3.05, 3.63) is 0 Å². The summed E-state index contributed by atoms with van der Waals surface area (Å²) >= 11 is 0. The predicted octanol–water partition coefficient (Wildman–Crippen LogP) is 1.50. The number of likely N-dealkylation sites (N-methyl/N-ethyl adjacent to an activating group) is 1. The zero-order valence-electron chi connectivity index (χ0n) is 12.4. The largest absolute Gasteiger partial charge is 0.315 e. The van der Waals surface area contributed by atoms with Crippen LogP contribution in [0.25, 0.3) is 0 Å². The van der Waals surface area contributed by atoms with E-state index in [1.54, 1.807) is 0 Å². The molecular formula is C14H31N3. The van der Waals surface area contributed by atoms with Crippen LogP contribution in [0.15, 0.2) is 0 Å². The Labute approximate surface area is 108 Å². The number of piperazine rings is 1. The van der Waals surface area contributed by atoms with E-state index in [2.05, 4.69) is 49.9 Å². The van der Waals surface area contributed by atoms with Gasteiger partial charge in [0.25, 0.3) is 0 Å². The minimum absolute atomic E-state index is 0.697. The summed E-state index contributed by atoms with van der Waals surface area (Å²) in [6, 6.07) is 0.697. The van der Waals surface area contributed by atoms with Crippen molar-refractivity contribution < 1.29 is 0 Å². The van der Waals surface area contributed by atoms with Crippen molar-refractivity contribution in [3.63, 3.8) is 0 Å². The van der Waals surface area contributed by atoms with Gasteiger partial charge in [0.15, 0.2) is 0 Å². The smallest absolute Gasteiger partial charge is 0.0244 e. The van der Waals surface area contributed by atoms with E-state index in [0.717, 1.165) is 24.9 Å². The van der Waals surface area contributed by atoms with Crippen LogP contribution in [-0.4, -0.2) is 62.2 Å². The third kappa shape index (κ3) is 5.36.